The number of rotatable bonds is 8. The third-order valence-corrected chi connectivity index (χ3v) is 14.7. The molecule has 0 atom stereocenters. The number of hydrogen-bond acceptors (Lipinski definition) is 2. The van der Waals surface area contributed by atoms with E-state index in [0.29, 0.717) is 0 Å². The molecule has 0 saturated carbocycles. The predicted molar refractivity (Wildman–Crippen MR) is 291 cm³/mol. The van der Waals surface area contributed by atoms with Gasteiger partial charge in [0, 0.05) is 38.5 Å². The largest absolute Gasteiger partial charge is 0.454 e. The maximum absolute atomic E-state index is 6.64. The molecule has 0 N–H and O–H groups in total. The molecule has 0 amide bonds. The van der Waals surface area contributed by atoms with Gasteiger partial charge in [-0.2, -0.15) is 0 Å². The fourth-order valence-corrected chi connectivity index (χ4v) is 11.7. The van der Waals surface area contributed by atoms with Crippen LogP contribution in [0.15, 0.2) is 271 Å². The lowest BCUT2D eigenvalue weighted by atomic mass is 9.67. The summed E-state index contributed by atoms with van der Waals surface area (Å²) in [6.45, 7) is 0. The Morgan fingerprint density at radius 1 is 0.343 bits per heavy atom. The minimum absolute atomic E-state index is 0.522. The van der Waals surface area contributed by atoms with Crippen LogP contribution in [0.5, 0.6) is 0 Å². The fraction of sp³-hybridized carbons (Fsp3) is 0.0149. The lowest BCUT2D eigenvalue weighted by Crippen LogP contribution is -2.28. The SMILES string of the molecule is c1ccc(N(c2ccc3c(c2)C(c2ccccc2)(c2ccccc2)c2ccccc2-3)c2ccccc2-c2cccc(-c3ccc4c5ccccc5n(-c5cccc6c5oc5ccccc56)c4c3)c2)cc1. The van der Waals surface area contributed by atoms with Crippen LogP contribution in [0.4, 0.5) is 17.1 Å². The van der Waals surface area contributed by atoms with Crippen molar-refractivity contribution >= 4 is 60.8 Å². The van der Waals surface area contributed by atoms with Gasteiger partial charge in [0.15, 0.2) is 5.58 Å². The van der Waals surface area contributed by atoms with Crippen molar-refractivity contribution in [3.05, 3.63) is 289 Å². The zero-order valence-electron chi connectivity index (χ0n) is 38.2. The van der Waals surface area contributed by atoms with Crippen LogP contribution in [0.25, 0.3) is 82.8 Å². The second-order valence-electron chi connectivity index (χ2n) is 18.4. The van der Waals surface area contributed by atoms with Crippen LogP contribution in [0.1, 0.15) is 22.3 Å². The first kappa shape index (κ1) is 39.9. The number of anilines is 3. The summed E-state index contributed by atoms with van der Waals surface area (Å²) in [4.78, 5) is 2.44. The van der Waals surface area contributed by atoms with Gasteiger partial charge in [-0.05, 0) is 111 Å². The van der Waals surface area contributed by atoms with Crippen molar-refractivity contribution in [2.24, 2.45) is 0 Å². The van der Waals surface area contributed by atoms with Gasteiger partial charge in [-0.1, -0.05) is 206 Å². The summed E-state index contributed by atoms with van der Waals surface area (Å²) in [7, 11) is 0. The first-order valence-corrected chi connectivity index (χ1v) is 24.1. The topological polar surface area (TPSA) is 21.3 Å². The molecule has 70 heavy (non-hydrogen) atoms. The molecule has 1 aliphatic carbocycles. The van der Waals surface area contributed by atoms with E-state index >= 15 is 0 Å². The van der Waals surface area contributed by atoms with Crippen LogP contribution >= 0.6 is 0 Å². The summed E-state index contributed by atoms with van der Waals surface area (Å²) in [6.07, 6.45) is 0. The van der Waals surface area contributed by atoms with Crippen molar-refractivity contribution in [1.82, 2.24) is 4.57 Å². The van der Waals surface area contributed by atoms with Crippen LogP contribution in [0.3, 0.4) is 0 Å². The number of benzene rings is 11. The molecular weight excluding hydrogens is 849 g/mol. The predicted octanol–water partition coefficient (Wildman–Crippen LogP) is 17.8. The summed E-state index contributed by atoms with van der Waals surface area (Å²) < 4.78 is 9.03. The van der Waals surface area contributed by atoms with Crippen molar-refractivity contribution < 1.29 is 4.42 Å². The van der Waals surface area contributed by atoms with Crippen LogP contribution in [-0.2, 0) is 5.41 Å². The molecular formula is C67H44N2O. The zero-order chi connectivity index (χ0) is 46.2. The summed E-state index contributed by atoms with van der Waals surface area (Å²) >= 11 is 0. The molecule has 0 unspecified atom stereocenters. The smallest absolute Gasteiger partial charge is 0.159 e. The van der Waals surface area contributed by atoms with Gasteiger partial charge in [0.2, 0.25) is 0 Å². The van der Waals surface area contributed by atoms with Crippen molar-refractivity contribution in [2.75, 3.05) is 4.90 Å². The van der Waals surface area contributed by atoms with Gasteiger partial charge >= 0.3 is 0 Å². The summed E-state index contributed by atoms with van der Waals surface area (Å²) in [5.74, 6) is 0. The van der Waals surface area contributed by atoms with E-state index in [1.807, 2.05) is 6.07 Å². The average Bonchev–Trinajstić information content (AvgIpc) is 4.08. The van der Waals surface area contributed by atoms with E-state index in [1.54, 1.807) is 0 Å². The molecule has 0 bridgehead atoms. The molecule has 1 aliphatic rings. The highest BCUT2D eigenvalue weighted by Gasteiger charge is 2.46. The lowest BCUT2D eigenvalue weighted by molar-refractivity contribution is 0.666. The highest BCUT2D eigenvalue weighted by Crippen LogP contribution is 2.57. The molecule has 328 valence electrons. The molecule has 13 aromatic rings. The Hall–Kier alpha value is -9.18. The zero-order valence-corrected chi connectivity index (χ0v) is 38.2. The minimum atomic E-state index is -0.522. The quantitative estimate of drug-likeness (QED) is 0.152. The number of furan rings is 1. The number of aromatic nitrogens is 1. The van der Waals surface area contributed by atoms with Gasteiger partial charge in [-0.15, -0.1) is 0 Å². The Bertz CT molecular complexity index is 4090. The van der Waals surface area contributed by atoms with Gasteiger partial charge in [0.05, 0.1) is 27.8 Å². The Kier molecular flexibility index (Phi) is 9.11. The van der Waals surface area contributed by atoms with Crippen LogP contribution in [-0.4, -0.2) is 4.57 Å². The van der Waals surface area contributed by atoms with E-state index in [2.05, 4.69) is 270 Å². The number of hydrogen-bond donors (Lipinski definition) is 0. The van der Waals surface area contributed by atoms with Gasteiger partial charge in [-0.25, -0.2) is 0 Å². The summed E-state index contributed by atoms with van der Waals surface area (Å²) in [5.41, 5.74) is 20.0. The van der Waals surface area contributed by atoms with Crippen molar-refractivity contribution in [2.45, 2.75) is 5.41 Å². The molecule has 3 heteroatoms. The van der Waals surface area contributed by atoms with E-state index in [4.69, 9.17) is 4.42 Å². The highest BCUT2D eigenvalue weighted by molar-refractivity contribution is 6.13. The fourth-order valence-electron chi connectivity index (χ4n) is 11.7. The van der Waals surface area contributed by atoms with Gasteiger partial charge < -0.3 is 13.9 Å². The number of nitrogens with zero attached hydrogens (tertiary/aromatic N) is 2. The monoisotopic (exact) mass is 892 g/mol. The second kappa shape index (κ2) is 16.0. The molecule has 2 aromatic heterocycles. The van der Waals surface area contributed by atoms with Crippen molar-refractivity contribution in [3.63, 3.8) is 0 Å². The molecule has 2 heterocycles. The molecule has 0 radical (unpaired) electrons. The third-order valence-electron chi connectivity index (χ3n) is 14.7. The second-order valence-corrected chi connectivity index (χ2v) is 18.4. The lowest BCUT2D eigenvalue weighted by Gasteiger charge is -2.35. The van der Waals surface area contributed by atoms with Crippen LogP contribution in [0, 0.1) is 0 Å². The van der Waals surface area contributed by atoms with E-state index < -0.39 is 5.41 Å². The minimum Gasteiger partial charge on any atom is -0.454 e. The van der Waals surface area contributed by atoms with Gasteiger partial charge in [-0.3, -0.25) is 0 Å². The number of fused-ring (bicyclic) bond motifs is 9. The number of para-hydroxylation sites is 5. The summed E-state index contributed by atoms with van der Waals surface area (Å²) in [6, 6.07) is 97.3. The maximum atomic E-state index is 6.64. The van der Waals surface area contributed by atoms with Crippen molar-refractivity contribution in [1.29, 1.82) is 0 Å². The first-order valence-electron chi connectivity index (χ1n) is 24.1. The van der Waals surface area contributed by atoms with Gasteiger partial charge in [0.1, 0.15) is 5.58 Å². The summed E-state index contributed by atoms with van der Waals surface area (Å²) in [5, 5.41) is 4.65. The Morgan fingerprint density at radius 2 is 0.943 bits per heavy atom. The highest BCUT2D eigenvalue weighted by atomic mass is 16.3. The maximum Gasteiger partial charge on any atom is 0.159 e. The van der Waals surface area contributed by atoms with E-state index in [0.717, 1.165) is 78.0 Å². The normalized spacial score (nSPS) is 12.7. The van der Waals surface area contributed by atoms with E-state index in [-0.39, 0.29) is 0 Å². The molecule has 0 aliphatic heterocycles. The molecule has 11 aromatic carbocycles. The molecule has 3 nitrogen and oxygen atoms in total. The molecule has 0 spiro atoms. The van der Waals surface area contributed by atoms with Crippen molar-refractivity contribution in [3.8, 4) is 39.1 Å². The first-order chi connectivity index (χ1) is 34.7. The van der Waals surface area contributed by atoms with E-state index in [9.17, 15) is 0 Å². The molecule has 14 rings (SSSR count). The molecule has 0 saturated heterocycles. The van der Waals surface area contributed by atoms with Gasteiger partial charge in [0.25, 0.3) is 0 Å². The Morgan fingerprint density at radius 3 is 1.76 bits per heavy atom. The van der Waals surface area contributed by atoms with Crippen LogP contribution in [0.2, 0.25) is 0 Å². The van der Waals surface area contributed by atoms with E-state index in [1.165, 1.54) is 44.2 Å². The molecule has 0 fully saturated rings. The third kappa shape index (κ3) is 6.01. The standard InChI is InChI=1S/C67H44N2O/c1-4-22-48(23-5-1)67(49-24-6-2-7-25-49)59-33-14-10-29-53(59)54-41-39-51(44-60(54)67)68(50-26-8-3-9-27-50)61-34-15-11-28-52(61)47-21-18-20-45(42-47)46-38-40-56-55-30-12-16-35-62(55)69(64(56)43-46)63-36-19-32-58-57-31-13-17-37-65(57)70-66(58)63/h1-44H. The average molecular weight is 893 g/mol. The Labute approximate surface area is 406 Å². The van der Waals surface area contributed by atoms with Crippen LogP contribution < -0.4 is 4.90 Å². The Balaban J connectivity index is 0.932.